The zero-order valence-electron chi connectivity index (χ0n) is 27.8. The first-order valence-electron chi connectivity index (χ1n) is 16.1. The van der Waals surface area contributed by atoms with E-state index in [1.165, 1.54) is 7.11 Å². The molecule has 1 fully saturated rings. The van der Waals surface area contributed by atoms with E-state index in [-0.39, 0.29) is 6.04 Å². The largest absolute Gasteiger partial charge is 0.453 e. The molecule has 1 saturated heterocycles. The second kappa shape index (κ2) is 14.8. The van der Waals surface area contributed by atoms with Crippen LogP contribution in [0, 0.1) is 0 Å². The Morgan fingerprint density at radius 1 is 0.880 bits per heavy atom. The Balaban J connectivity index is 1.09. The molecule has 14 nitrogen and oxygen atoms in total. The topological polar surface area (TPSA) is 180 Å². The standard InChI is InChI=1S/C36H37N9O5/c1-21(2)50-36(48)45-16-8-11-29(45)33-40-20-28(43-33)26-17-37-32(38-18-26)25-14-12-23(13-15-25)27-19-39-31(42-27)22(3)41-34(46)30(44-35(47)49-4)24-9-6-5-7-10-24/h5-7,9-10,12-15,17-20,22,29-30H,1,8,11,16H2,2-4H3,(H,39,42)(H,40,43)(H,41,46)(H,44,47)/t22-,29-,30+/m0/s1. The van der Waals surface area contributed by atoms with E-state index in [9.17, 15) is 14.4 Å². The predicted molar refractivity (Wildman–Crippen MR) is 184 cm³/mol. The zero-order valence-corrected chi connectivity index (χ0v) is 27.8. The molecule has 6 rings (SSSR count). The number of carbonyl (C=O) groups is 3. The van der Waals surface area contributed by atoms with Crippen LogP contribution in [0.2, 0.25) is 0 Å². The molecular formula is C36H37N9O5. The summed E-state index contributed by atoms with van der Waals surface area (Å²) in [7, 11) is 1.24. The van der Waals surface area contributed by atoms with Gasteiger partial charge in [-0.15, -0.1) is 0 Å². The minimum absolute atomic E-state index is 0.204. The number of imidazole rings is 2. The van der Waals surface area contributed by atoms with Crippen LogP contribution in [0.15, 0.2) is 91.7 Å². The van der Waals surface area contributed by atoms with Gasteiger partial charge in [-0.05, 0) is 37.8 Å². The van der Waals surface area contributed by atoms with Crippen molar-refractivity contribution in [3.63, 3.8) is 0 Å². The van der Waals surface area contributed by atoms with Crippen molar-refractivity contribution < 1.29 is 23.9 Å². The zero-order chi connectivity index (χ0) is 35.2. The number of rotatable bonds is 10. The molecule has 0 radical (unpaired) electrons. The van der Waals surface area contributed by atoms with E-state index in [2.05, 4.69) is 47.1 Å². The summed E-state index contributed by atoms with van der Waals surface area (Å²) in [5.74, 6) is 1.73. The van der Waals surface area contributed by atoms with E-state index in [1.54, 1.807) is 67.8 Å². The molecule has 3 aromatic heterocycles. The maximum absolute atomic E-state index is 13.2. The molecule has 50 heavy (non-hydrogen) atoms. The Morgan fingerprint density at radius 3 is 2.26 bits per heavy atom. The van der Waals surface area contributed by atoms with E-state index in [0.29, 0.717) is 35.3 Å². The molecule has 5 aromatic rings. The smallest absolute Gasteiger partial charge is 0.415 e. The van der Waals surface area contributed by atoms with Crippen LogP contribution in [0.5, 0.6) is 0 Å². The summed E-state index contributed by atoms with van der Waals surface area (Å²) in [5, 5.41) is 5.50. The minimum Gasteiger partial charge on any atom is -0.453 e. The van der Waals surface area contributed by atoms with Crippen molar-refractivity contribution >= 4 is 18.1 Å². The summed E-state index contributed by atoms with van der Waals surface area (Å²) < 4.78 is 9.93. The van der Waals surface area contributed by atoms with Gasteiger partial charge < -0.3 is 30.1 Å². The molecule has 1 aliphatic rings. The van der Waals surface area contributed by atoms with Crippen LogP contribution in [0.4, 0.5) is 9.59 Å². The molecule has 1 aliphatic heterocycles. The summed E-state index contributed by atoms with van der Waals surface area (Å²) >= 11 is 0. The first-order valence-corrected chi connectivity index (χ1v) is 16.1. The molecule has 0 spiro atoms. The molecule has 4 heterocycles. The van der Waals surface area contributed by atoms with Crippen LogP contribution in [0.3, 0.4) is 0 Å². The molecule has 256 valence electrons. The molecular weight excluding hydrogens is 638 g/mol. The van der Waals surface area contributed by atoms with Crippen LogP contribution >= 0.6 is 0 Å². The van der Waals surface area contributed by atoms with Crippen molar-refractivity contribution in [2.75, 3.05) is 13.7 Å². The lowest BCUT2D eigenvalue weighted by Gasteiger charge is -2.22. The first-order chi connectivity index (χ1) is 24.2. The lowest BCUT2D eigenvalue weighted by Crippen LogP contribution is -2.41. The summed E-state index contributed by atoms with van der Waals surface area (Å²) in [6.45, 7) is 7.70. The second-order valence-corrected chi connectivity index (χ2v) is 11.9. The van der Waals surface area contributed by atoms with Gasteiger partial charge in [-0.1, -0.05) is 61.2 Å². The third-order valence-corrected chi connectivity index (χ3v) is 8.28. The summed E-state index contributed by atoms with van der Waals surface area (Å²) in [6, 6.07) is 15.0. The third-order valence-electron chi connectivity index (χ3n) is 8.28. The average molecular weight is 676 g/mol. The van der Waals surface area contributed by atoms with Gasteiger partial charge in [0.2, 0.25) is 5.91 Å². The minimum atomic E-state index is -0.941. The van der Waals surface area contributed by atoms with Crippen molar-refractivity contribution in [3.8, 4) is 33.9 Å². The fourth-order valence-corrected chi connectivity index (χ4v) is 5.74. The number of ether oxygens (including phenoxy) is 2. The van der Waals surface area contributed by atoms with Crippen LogP contribution in [0.1, 0.15) is 62.0 Å². The number of hydrogen-bond donors (Lipinski definition) is 4. The molecule has 14 heteroatoms. The number of benzene rings is 2. The molecule has 4 N–H and O–H groups in total. The lowest BCUT2D eigenvalue weighted by molar-refractivity contribution is -0.123. The number of aromatic amines is 2. The predicted octanol–water partition coefficient (Wildman–Crippen LogP) is 6.01. The van der Waals surface area contributed by atoms with Gasteiger partial charge >= 0.3 is 12.2 Å². The van der Waals surface area contributed by atoms with Crippen LogP contribution in [-0.4, -0.2) is 66.6 Å². The van der Waals surface area contributed by atoms with Gasteiger partial charge in [-0.2, -0.15) is 0 Å². The van der Waals surface area contributed by atoms with Crippen molar-refractivity contribution in [3.05, 3.63) is 109 Å². The number of methoxy groups -OCH3 is 1. The summed E-state index contributed by atoms with van der Waals surface area (Å²) in [6.07, 6.45) is 7.38. The second-order valence-electron chi connectivity index (χ2n) is 11.9. The molecule has 0 aliphatic carbocycles. The Kier molecular flexibility index (Phi) is 9.97. The fourth-order valence-electron chi connectivity index (χ4n) is 5.74. The van der Waals surface area contributed by atoms with E-state index in [0.717, 1.165) is 40.9 Å². The first kappa shape index (κ1) is 33.6. The fraction of sp³-hybridized carbons (Fsp3) is 0.250. The summed E-state index contributed by atoms with van der Waals surface area (Å²) in [5.41, 5.74) is 4.61. The number of hydrogen-bond acceptors (Lipinski definition) is 9. The quantitative estimate of drug-likeness (QED) is 0.129. The molecule has 3 atom stereocenters. The Bertz CT molecular complexity index is 1970. The maximum Gasteiger partial charge on any atom is 0.415 e. The number of alkyl carbamates (subject to hydrolysis) is 1. The number of likely N-dealkylation sites (tertiary alicyclic amines) is 1. The Labute approximate surface area is 288 Å². The van der Waals surface area contributed by atoms with Crippen molar-refractivity contribution in [2.24, 2.45) is 0 Å². The Hall–Kier alpha value is -6.31. The number of amides is 3. The van der Waals surface area contributed by atoms with Gasteiger partial charge in [0.15, 0.2) is 5.82 Å². The van der Waals surface area contributed by atoms with E-state index in [4.69, 9.17) is 9.47 Å². The average Bonchev–Trinajstić information content (AvgIpc) is 3.92. The highest BCUT2D eigenvalue weighted by atomic mass is 16.6. The van der Waals surface area contributed by atoms with E-state index < -0.39 is 30.2 Å². The monoisotopic (exact) mass is 675 g/mol. The number of carbonyl (C=O) groups excluding carboxylic acids is 3. The number of nitrogens with zero attached hydrogens (tertiary/aromatic N) is 5. The molecule has 2 aromatic carbocycles. The van der Waals surface area contributed by atoms with Gasteiger partial charge in [0.05, 0.1) is 48.7 Å². The van der Waals surface area contributed by atoms with E-state index in [1.807, 2.05) is 30.3 Å². The highest BCUT2D eigenvalue weighted by Crippen LogP contribution is 2.32. The van der Waals surface area contributed by atoms with Crippen LogP contribution in [-0.2, 0) is 14.3 Å². The molecule has 0 bridgehead atoms. The van der Waals surface area contributed by atoms with Crippen LogP contribution in [0.25, 0.3) is 33.9 Å². The van der Waals surface area contributed by atoms with Crippen molar-refractivity contribution in [1.29, 1.82) is 0 Å². The van der Waals surface area contributed by atoms with Gasteiger partial charge in [-0.25, -0.2) is 29.5 Å². The van der Waals surface area contributed by atoms with Gasteiger partial charge in [-0.3, -0.25) is 9.69 Å². The van der Waals surface area contributed by atoms with Gasteiger partial charge in [0.25, 0.3) is 0 Å². The third kappa shape index (κ3) is 7.54. The lowest BCUT2D eigenvalue weighted by atomic mass is 10.1. The number of nitrogens with one attached hydrogen (secondary N) is 4. The maximum atomic E-state index is 13.2. The van der Waals surface area contributed by atoms with Crippen LogP contribution < -0.4 is 10.6 Å². The number of H-pyrrole nitrogens is 2. The number of aromatic nitrogens is 6. The normalized spacial score (nSPS) is 15.2. The van der Waals surface area contributed by atoms with E-state index >= 15 is 0 Å². The van der Waals surface area contributed by atoms with Gasteiger partial charge in [0, 0.05) is 30.1 Å². The highest BCUT2D eigenvalue weighted by molar-refractivity contribution is 5.87. The van der Waals surface area contributed by atoms with Gasteiger partial charge in [0.1, 0.15) is 17.7 Å². The number of allylic oxidation sites excluding steroid dienone is 1. The highest BCUT2D eigenvalue weighted by Gasteiger charge is 2.33. The van der Waals surface area contributed by atoms with Crippen molar-refractivity contribution in [2.45, 2.75) is 44.8 Å². The summed E-state index contributed by atoms with van der Waals surface area (Å²) in [4.78, 5) is 64.1. The van der Waals surface area contributed by atoms with Crippen molar-refractivity contribution in [1.82, 2.24) is 45.4 Å². The Morgan fingerprint density at radius 2 is 1.56 bits per heavy atom. The molecule has 0 unspecified atom stereocenters. The SMILES string of the molecule is C=C(C)OC(=O)N1CCC[C@H]1c1ncc(-c2cnc(-c3ccc(-c4cnc([C@H](C)NC(=O)[C@H](NC(=O)OC)c5ccccc5)[nH]4)cc3)nc2)[nH]1. The molecule has 0 saturated carbocycles. The molecule has 3 amide bonds.